The van der Waals surface area contributed by atoms with Crippen LogP contribution in [0.25, 0.3) is 0 Å². The normalized spacial score (nSPS) is 17.1. The zero-order valence-corrected chi connectivity index (χ0v) is 12.8. The second-order valence-electron chi connectivity index (χ2n) is 5.21. The van der Waals surface area contributed by atoms with Crippen molar-refractivity contribution in [3.63, 3.8) is 0 Å². The molecule has 0 fully saturated rings. The van der Waals surface area contributed by atoms with Crippen LogP contribution in [0, 0.1) is 0 Å². The lowest BCUT2D eigenvalue weighted by Gasteiger charge is -2.16. The van der Waals surface area contributed by atoms with Crippen molar-refractivity contribution in [1.29, 1.82) is 0 Å². The topological polar surface area (TPSA) is 37.3 Å². The highest BCUT2D eigenvalue weighted by Gasteiger charge is 2.22. The molecule has 4 rings (SSSR count). The molecule has 0 aliphatic carbocycles. The summed E-state index contributed by atoms with van der Waals surface area (Å²) in [5, 5.41) is 6.71. The molecule has 1 unspecified atom stereocenters. The fraction of sp³-hybridized carbons (Fsp3) is 0.111. The number of hydrogen-bond donors (Lipinski definition) is 1. The van der Waals surface area contributed by atoms with Crippen LogP contribution >= 0.6 is 11.3 Å². The first-order valence-electron chi connectivity index (χ1n) is 7.28. The van der Waals surface area contributed by atoms with E-state index in [1.807, 2.05) is 29.8 Å². The number of nitrogens with one attached hydrogen (secondary N) is 1. The van der Waals surface area contributed by atoms with Gasteiger partial charge < -0.3 is 5.32 Å². The number of anilines is 1. The zero-order valence-electron chi connectivity index (χ0n) is 11.9. The van der Waals surface area contributed by atoms with Crippen molar-refractivity contribution in [2.75, 3.05) is 5.32 Å². The molecule has 1 aliphatic heterocycles. The molecule has 0 saturated carbocycles. The number of thiazole rings is 1. The number of fused-ring (bicyclic) bond motifs is 1. The maximum absolute atomic E-state index is 4.90. The molecule has 2 aromatic carbocycles. The third kappa shape index (κ3) is 2.53. The first kappa shape index (κ1) is 13.2. The molecule has 1 aromatic heterocycles. The number of rotatable bonds is 2. The minimum absolute atomic E-state index is 0.155. The third-order valence-corrected chi connectivity index (χ3v) is 4.63. The minimum Gasteiger partial charge on any atom is -0.374 e. The van der Waals surface area contributed by atoms with Crippen LogP contribution in [0.5, 0.6) is 0 Å². The van der Waals surface area contributed by atoms with E-state index < -0.39 is 0 Å². The van der Waals surface area contributed by atoms with Crippen molar-refractivity contribution in [3.05, 3.63) is 76.7 Å². The van der Waals surface area contributed by atoms with Gasteiger partial charge in [-0.05, 0) is 17.7 Å². The highest BCUT2D eigenvalue weighted by Crippen LogP contribution is 2.35. The van der Waals surface area contributed by atoms with Gasteiger partial charge in [0.1, 0.15) is 5.01 Å². The van der Waals surface area contributed by atoms with Crippen molar-refractivity contribution in [2.45, 2.75) is 12.5 Å². The van der Waals surface area contributed by atoms with Crippen LogP contribution in [-0.4, -0.2) is 10.7 Å². The van der Waals surface area contributed by atoms with Gasteiger partial charge in [-0.3, -0.25) is 4.99 Å². The second kappa shape index (κ2) is 5.73. The molecule has 1 N–H and O–H groups in total. The maximum Gasteiger partial charge on any atom is 0.115 e. The Kier molecular flexibility index (Phi) is 3.45. The molecule has 22 heavy (non-hydrogen) atoms. The summed E-state index contributed by atoms with van der Waals surface area (Å²) in [7, 11) is 0. The van der Waals surface area contributed by atoms with Crippen LogP contribution in [0.2, 0.25) is 0 Å². The number of aromatic nitrogens is 1. The first-order valence-corrected chi connectivity index (χ1v) is 8.16. The Labute approximate surface area is 133 Å². The molecule has 0 bridgehead atoms. The Morgan fingerprint density at radius 2 is 1.82 bits per heavy atom. The van der Waals surface area contributed by atoms with E-state index in [9.17, 15) is 0 Å². The van der Waals surface area contributed by atoms with Crippen molar-refractivity contribution in [3.8, 4) is 0 Å². The van der Waals surface area contributed by atoms with Gasteiger partial charge in [0.25, 0.3) is 0 Å². The van der Waals surface area contributed by atoms with Crippen LogP contribution < -0.4 is 5.32 Å². The monoisotopic (exact) mass is 305 g/mol. The van der Waals surface area contributed by atoms with Gasteiger partial charge in [0.15, 0.2) is 0 Å². The van der Waals surface area contributed by atoms with Gasteiger partial charge in [0, 0.05) is 18.0 Å². The smallest absolute Gasteiger partial charge is 0.115 e. The quantitative estimate of drug-likeness (QED) is 0.737. The summed E-state index contributed by atoms with van der Waals surface area (Å²) < 4.78 is 0. The summed E-state index contributed by atoms with van der Waals surface area (Å²) >= 11 is 1.68. The molecule has 1 atom stereocenters. The largest absolute Gasteiger partial charge is 0.374 e. The van der Waals surface area contributed by atoms with E-state index in [1.165, 1.54) is 5.56 Å². The molecule has 1 aliphatic rings. The molecule has 108 valence electrons. The number of nitrogens with zero attached hydrogens (tertiary/aromatic N) is 2. The van der Waals surface area contributed by atoms with E-state index in [4.69, 9.17) is 4.99 Å². The van der Waals surface area contributed by atoms with Crippen molar-refractivity contribution >= 4 is 28.4 Å². The lowest BCUT2D eigenvalue weighted by atomic mass is 10.0. The molecule has 0 radical (unpaired) electrons. The fourth-order valence-electron chi connectivity index (χ4n) is 2.68. The lowest BCUT2D eigenvalue weighted by molar-refractivity contribution is 0.817. The van der Waals surface area contributed by atoms with E-state index >= 15 is 0 Å². The first-order chi connectivity index (χ1) is 10.9. The Morgan fingerprint density at radius 1 is 1.00 bits per heavy atom. The van der Waals surface area contributed by atoms with E-state index in [0.29, 0.717) is 0 Å². The molecule has 4 heteroatoms. The molecule has 0 amide bonds. The van der Waals surface area contributed by atoms with Gasteiger partial charge in [-0.2, -0.15) is 0 Å². The van der Waals surface area contributed by atoms with Crippen molar-refractivity contribution in [2.24, 2.45) is 4.99 Å². The number of hydrogen-bond acceptors (Lipinski definition) is 4. The van der Waals surface area contributed by atoms with Gasteiger partial charge in [-0.1, -0.05) is 42.5 Å². The average Bonchev–Trinajstić information content (AvgIpc) is 3.03. The standard InChI is InChI=1S/C18H15N3S/c1-2-6-13(7-3-1)16-12-17(18-19-10-11-22-18)21-15-9-5-4-8-14(15)20-16/h1-11,17,21H,12H2. The third-order valence-electron chi connectivity index (χ3n) is 3.74. The van der Waals surface area contributed by atoms with E-state index in [2.05, 4.69) is 46.7 Å². The lowest BCUT2D eigenvalue weighted by Crippen LogP contribution is -2.14. The highest BCUT2D eigenvalue weighted by atomic mass is 32.1. The summed E-state index contributed by atoms with van der Waals surface area (Å²) in [6.45, 7) is 0. The summed E-state index contributed by atoms with van der Waals surface area (Å²) in [5.74, 6) is 0. The van der Waals surface area contributed by atoms with Crippen molar-refractivity contribution < 1.29 is 0 Å². The summed E-state index contributed by atoms with van der Waals surface area (Å²) in [5.41, 5.74) is 4.31. The van der Waals surface area contributed by atoms with Crippen LogP contribution in [-0.2, 0) is 0 Å². The molecule has 2 heterocycles. The SMILES string of the molecule is c1ccc(C2=Nc3ccccc3NC(c3nccs3)C2)cc1. The van der Waals surface area contributed by atoms with E-state index in [0.717, 1.165) is 28.5 Å². The second-order valence-corrected chi connectivity index (χ2v) is 6.14. The molecule has 0 saturated heterocycles. The Bertz CT molecular complexity index is 794. The number of para-hydroxylation sites is 2. The van der Waals surface area contributed by atoms with Crippen LogP contribution in [0.4, 0.5) is 11.4 Å². The van der Waals surface area contributed by atoms with Crippen LogP contribution in [0.3, 0.4) is 0 Å². The van der Waals surface area contributed by atoms with Gasteiger partial charge in [-0.25, -0.2) is 4.98 Å². The Morgan fingerprint density at radius 3 is 2.64 bits per heavy atom. The van der Waals surface area contributed by atoms with E-state index in [-0.39, 0.29) is 6.04 Å². The van der Waals surface area contributed by atoms with Gasteiger partial charge >= 0.3 is 0 Å². The number of benzene rings is 2. The molecular formula is C18H15N3S. The molecular weight excluding hydrogens is 290 g/mol. The minimum atomic E-state index is 0.155. The Balaban J connectivity index is 1.81. The van der Waals surface area contributed by atoms with Gasteiger partial charge in [0.05, 0.1) is 23.1 Å². The maximum atomic E-state index is 4.90. The average molecular weight is 305 g/mol. The van der Waals surface area contributed by atoms with Gasteiger partial charge in [-0.15, -0.1) is 11.3 Å². The predicted molar refractivity (Wildman–Crippen MR) is 92.2 cm³/mol. The van der Waals surface area contributed by atoms with Crippen LogP contribution in [0.1, 0.15) is 23.0 Å². The van der Waals surface area contributed by atoms with E-state index in [1.54, 1.807) is 11.3 Å². The van der Waals surface area contributed by atoms with Crippen LogP contribution in [0.15, 0.2) is 71.2 Å². The van der Waals surface area contributed by atoms with Gasteiger partial charge in [0.2, 0.25) is 0 Å². The summed E-state index contributed by atoms with van der Waals surface area (Å²) in [6.07, 6.45) is 2.68. The molecule has 0 spiro atoms. The zero-order chi connectivity index (χ0) is 14.8. The number of aliphatic imine (C=N–C) groups is 1. The Hall–Kier alpha value is -2.46. The fourth-order valence-corrected chi connectivity index (χ4v) is 3.37. The molecule has 3 aromatic rings. The van der Waals surface area contributed by atoms with Crippen molar-refractivity contribution in [1.82, 2.24) is 4.98 Å². The summed E-state index contributed by atoms with van der Waals surface area (Å²) in [6, 6.07) is 18.7. The summed E-state index contributed by atoms with van der Waals surface area (Å²) in [4.78, 5) is 9.38. The predicted octanol–water partition coefficient (Wildman–Crippen LogP) is 4.82. The molecule has 3 nitrogen and oxygen atoms in total. The highest BCUT2D eigenvalue weighted by molar-refractivity contribution is 7.09.